The third-order valence-electron chi connectivity index (χ3n) is 2.91. The zero-order valence-electron chi connectivity index (χ0n) is 11.9. The first-order valence-corrected chi connectivity index (χ1v) is 6.44. The molecule has 2 aromatic rings. The van der Waals surface area contributed by atoms with E-state index >= 15 is 0 Å². The molecule has 2 rings (SSSR count). The molecule has 118 valence electrons. The third-order valence-corrected chi connectivity index (χ3v) is 2.91. The van der Waals surface area contributed by atoms with E-state index in [9.17, 15) is 18.0 Å². The maximum absolute atomic E-state index is 12.3. The quantitative estimate of drug-likeness (QED) is 0.937. The van der Waals surface area contributed by atoms with Crippen LogP contribution in [0.4, 0.5) is 13.2 Å². The third kappa shape index (κ3) is 4.03. The Bertz CT molecular complexity index is 653. The molecule has 1 amide bonds. The van der Waals surface area contributed by atoms with Crippen molar-refractivity contribution in [1.29, 1.82) is 0 Å². The van der Waals surface area contributed by atoms with E-state index in [0.29, 0.717) is 10.4 Å². The van der Waals surface area contributed by atoms with E-state index < -0.39 is 24.7 Å². The van der Waals surface area contributed by atoms with Crippen LogP contribution >= 0.6 is 0 Å². The van der Waals surface area contributed by atoms with Crippen LogP contribution in [0.15, 0.2) is 24.8 Å². The molecule has 0 unspecified atom stereocenters. The fourth-order valence-electron chi connectivity index (χ4n) is 1.89. The van der Waals surface area contributed by atoms with Gasteiger partial charge in [0.15, 0.2) is 0 Å². The van der Waals surface area contributed by atoms with Gasteiger partial charge in [0.1, 0.15) is 6.54 Å². The second-order valence-electron chi connectivity index (χ2n) is 4.77. The number of rotatable bonds is 4. The zero-order chi connectivity index (χ0) is 16.3. The number of alkyl halides is 3. The molecule has 1 N–H and O–H groups in total. The predicted molar refractivity (Wildman–Crippen MR) is 70.9 cm³/mol. The van der Waals surface area contributed by atoms with Gasteiger partial charge in [-0.05, 0) is 13.8 Å². The van der Waals surface area contributed by atoms with E-state index in [1.54, 1.807) is 6.92 Å². The Kier molecular flexibility index (Phi) is 4.43. The van der Waals surface area contributed by atoms with Crippen LogP contribution in [0.1, 0.15) is 34.7 Å². The number of hydrogen-bond acceptors (Lipinski definition) is 4. The van der Waals surface area contributed by atoms with Crippen LogP contribution in [-0.4, -0.2) is 31.8 Å². The Balaban J connectivity index is 2.10. The molecule has 0 spiro atoms. The second-order valence-corrected chi connectivity index (χ2v) is 4.77. The van der Waals surface area contributed by atoms with Gasteiger partial charge in [-0.1, -0.05) is 0 Å². The van der Waals surface area contributed by atoms with Gasteiger partial charge < -0.3 is 5.32 Å². The van der Waals surface area contributed by atoms with Gasteiger partial charge in [0.25, 0.3) is 5.91 Å². The van der Waals surface area contributed by atoms with Gasteiger partial charge in [0, 0.05) is 18.6 Å². The Morgan fingerprint density at radius 1 is 1.41 bits per heavy atom. The molecule has 0 fully saturated rings. The van der Waals surface area contributed by atoms with Crippen LogP contribution in [-0.2, 0) is 6.54 Å². The van der Waals surface area contributed by atoms with Gasteiger partial charge in [0.2, 0.25) is 0 Å². The van der Waals surface area contributed by atoms with E-state index in [-0.39, 0.29) is 11.3 Å². The number of hydrogen-bond donors (Lipinski definition) is 1. The molecule has 0 aromatic carbocycles. The van der Waals surface area contributed by atoms with Gasteiger partial charge in [-0.2, -0.15) is 18.3 Å². The lowest BCUT2D eigenvalue weighted by Crippen LogP contribution is -2.27. The van der Waals surface area contributed by atoms with Crippen LogP contribution in [0.2, 0.25) is 0 Å². The minimum atomic E-state index is -4.39. The molecule has 2 aromatic heterocycles. The van der Waals surface area contributed by atoms with Crippen molar-refractivity contribution in [3.05, 3.63) is 41.7 Å². The fourth-order valence-corrected chi connectivity index (χ4v) is 1.89. The summed E-state index contributed by atoms with van der Waals surface area (Å²) in [6.07, 6.45) is 1.19. The summed E-state index contributed by atoms with van der Waals surface area (Å²) in [5.74, 6) is -0.510. The molecular formula is C13H14F3N5O. The molecule has 0 aliphatic heterocycles. The van der Waals surface area contributed by atoms with E-state index in [4.69, 9.17) is 0 Å². The van der Waals surface area contributed by atoms with Crippen LogP contribution < -0.4 is 5.32 Å². The van der Waals surface area contributed by atoms with Crippen molar-refractivity contribution in [3.63, 3.8) is 0 Å². The summed E-state index contributed by atoms with van der Waals surface area (Å²) in [7, 11) is 0. The van der Waals surface area contributed by atoms with Crippen molar-refractivity contribution in [2.75, 3.05) is 0 Å². The summed E-state index contributed by atoms with van der Waals surface area (Å²) in [6, 6.07) is -0.424. The number of halogens is 3. The average Bonchev–Trinajstić information content (AvgIpc) is 2.78. The maximum atomic E-state index is 12.3. The molecule has 0 radical (unpaired) electrons. The van der Waals surface area contributed by atoms with E-state index in [1.165, 1.54) is 25.5 Å². The largest absolute Gasteiger partial charge is 0.408 e. The normalized spacial score (nSPS) is 13.0. The number of aryl methyl sites for hydroxylation is 1. The molecule has 9 heteroatoms. The lowest BCUT2D eigenvalue weighted by Gasteiger charge is -2.12. The van der Waals surface area contributed by atoms with Gasteiger partial charge >= 0.3 is 6.18 Å². The highest BCUT2D eigenvalue weighted by molar-refractivity contribution is 5.95. The maximum Gasteiger partial charge on any atom is 0.408 e. The minimum Gasteiger partial charge on any atom is -0.344 e. The SMILES string of the molecule is Cc1nn(CC(F)(F)F)cc1C(=O)N[C@H](C)c1cnccn1. The molecule has 0 saturated heterocycles. The summed E-state index contributed by atoms with van der Waals surface area (Å²) >= 11 is 0. The summed E-state index contributed by atoms with van der Waals surface area (Å²) in [5, 5.41) is 6.36. The highest BCUT2D eigenvalue weighted by Gasteiger charge is 2.29. The van der Waals surface area contributed by atoms with Crippen molar-refractivity contribution >= 4 is 5.91 Å². The average molecular weight is 313 g/mol. The van der Waals surface area contributed by atoms with Crippen LogP contribution in [0.25, 0.3) is 0 Å². The first-order valence-electron chi connectivity index (χ1n) is 6.44. The molecule has 6 nitrogen and oxygen atoms in total. The molecule has 22 heavy (non-hydrogen) atoms. The van der Waals surface area contributed by atoms with Crippen molar-refractivity contribution in [2.45, 2.75) is 32.6 Å². The Labute approximate surface area is 124 Å². The van der Waals surface area contributed by atoms with Gasteiger partial charge in [-0.25, -0.2) is 0 Å². The second kappa shape index (κ2) is 6.12. The molecule has 0 aliphatic rings. The van der Waals surface area contributed by atoms with Gasteiger partial charge in [-0.3, -0.25) is 19.4 Å². The van der Waals surface area contributed by atoms with Crippen molar-refractivity contribution < 1.29 is 18.0 Å². The molecule has 0 bridgehead atoms. The number of carbonyl (C=O) groups is 1. The monoisotopic (exact) mass is 313 g/mol. The van der Waals surface area contributed by atoms with Gasteiger partial charge in [-0.15, -0.1) is 0 Å². The number of amides is 1. The smallest absolute Gasteiger partial charge is 0.344 e. The Morgan fingerprint density at radius 3 is 2.73 bits per heavy atom. The van der Waals surface area contributed by atoms with Crippen LogP contribution in [0.5, 0.6) is 0 Å². The molecule has 1 atom stereocenters. The topological polar surface area (TPSA) is 72.7 Å². The number of carbonyl (C=O) groups excluding carboxylic acids is 1. The van der Waals surface area contributed by atoms with E-state index in [2.05, 4.69) is 20.4 Å². The fraction of sp³-hybridized carbons (Fsp3) is 0.385. The van der Waals surface area contributed by atoms with Crippen LogP contribution in [0.3, 0.4) is 0 Å². The summed E-state index contributed by atoms with van der Waals surface area (Å²) < 4.78 is 37.7. The molecule has 2 heterocycles. The summed E-state index contributed by atoms with van der Waals surface area (Å²) in [5.41, 5.74) is 0.879. The lowest BCUT2D eigenvalue weighted by atomic mass is 10.2. The number of nitrogens with zero attached hydrogens (tertiary/aromatic N) is 4. The highest BCUT2D eigenvalue weighted by atomic mass is 19.4. The standard InChI is InChI=1S/C13H14F3N5O/c1-8-10(6-21(20-8)7-13(14,15)16)12(22)19-9(2)11-5-17-3-4-18-11/h3-6,9H,7H2,1-2H3,(H,19,22)/t9-/m1/s1. The van der Waals surface area contributed by atoms with Crippen molar-refractivity contribution in [2.24, 2.45) is 0 Å². The minimum absolute atomic E-state index is 0.0972. The number of nitrogens with one attached hydrogen (secondary N) is 1. The Morgan fingerprint density at radius 2 is 2.14 bits per heavy atom. The first kappa shape index (κ1) is 15.9. The summed E-state index contributed by atoms with van der Waals surface area (Å²) in [6.45, 7) is 1.95. The van der Waals surface area contributed by atoms with E-state index in [1.807, 2.05) is 0 Å². The van der Waals surface area contributed by atoms with Crippen molar-refractivity contribution in [3.8, 4) is 0 Å². The lowest BCUT2D eigenvalue weighted by molar-refractivity contribution is -0.142. The van der Waals surface area contributed by atoms with Crippen LogP contribution in [0, 0.1) is 6.92 Å². The Hall–Kier alpha value is -2.45. The van der Waals surface area contributed by atoms with E-state index in [0.717, 1.165) is 6.20 Å². The highest BCUT2D eigenvalue weighted by Crippen LogP contribution is 2.18. The number of aromatic nitrogens is 4. The summed E-state index contributed by atoms with van der Waals surface area (Å²) in [4.78, 5) is 20.1. The zero-order valence-corrected chi connectivity index (χ0v) is 11.9. The molecule has 0 aliphatic carbocycles. The molecule has 0 saturated carbocycles. The predicted octanol–water partition coefficient (Wildman–Crippen LogP) is 2.03. The van der Waals surface area contributed by atoms with Crippen molar-refractivity contribution in [1.82, 2.24) is 25.1 Å². The first-order chi connectivity index (χ1) is 10.3. The molecular weight excluding hydrogens is 299 g/mol. The van der Waals surface area contributed by atoms with Gasteiger partial charge in [0.05, 0.1) is 29.2 Å².